The maximum Gasteiger partial charge on any atom is 0.326 e. The largest absolute Gasteiger partial charge is 0.454 e. The monoisotopic (exact) mass is 396 g/mol. The van der Waals surface area contributed by atoms with Gasteiger partial charge >= 0.3 is 5.97 Å². The van der Waals surface area contributed by atoms with E-state index in [0.717, 1.165) is 0 Å². The van der Waals surface area contributed by atoms with Crippen molar-refractivity contribution < 1.29 is 18.7 Å². The minimum Gasteiger partial charge on any atom is -0.454 e. The lowest BCUT2D eigenvalue weighted by Crippen LogP contribution is -2.30. The van der Waals surface area contributed by atoms with Gasteiger partial charge in [-0.1, -0.05) is 15.9 Å². The van der Waals surface area contributed by atoms with E-state index in [0.29, 0.717) is 10.4 Å². The predicted molar refractivity (Wildman–Crippen MR) is 89.0 cm³/mol. The van der Waals surface area contributed by atoms with E-state index in [1.807, 2.05) is 0 Å². The third-order valence-corrected chi connectivity index (χ3v) is 3.32. The molecule has 1 aromatic carbocycles. The molecule has 126 valence electrons. The predicted octanol–water partition coefficient (Wildman–Crippen LogP) is 2.00. The second-order valence-corrected chi connectivity index (χ2v) is 5.65. The molecule has 1 aromatic heterocycles. The van der Waals surface area contributed by atoms with Crippen LogP contribution >= 0.6 is 15.9 Å². The number of hydrogen-bond acceptors (Lipinski definition) is 6. The molecule has 0 bridgehead atoms. The Bertz CT molecular complexity index is 730. The number of amides is 1. The van der Waals surface area contributed by atoms with Crippen LogP contribution in [0, 0.1) is 5.82 Å². The number of ether oxygens (including phenoxy) is 1. The van der Waals surface area contributed by atoms with Crippen molar-refractivity contribution in [3.8, 4) is 0 Å². The van der Waals surface area contributed by atoms with Crippen LogP contribution in [0.5, 0.6) is 0 Å². The normalized spacial score (nSPS) is 10.1. The highest BCUT2D eigenvalue weighted by Gasteiger charge is 2.13. The van der Waals surface area contributed by atoms with Gasteiger partial charge < -0.3 is 15.0 Å². The van der Waals surface area contributed by atoms with E-state index >= 15 is 0 Å². The Morgan fingerprint density at radius 2 is 2.04 bits per heavy atom. The summed E-state index contributed by atoms with van der Waals surface area (Å²) in [6.45, 7) is -0.637. The first-order valence-electron chi connectivity index (χ1n) is 6.84. The summed E-state index contributed by atoms with van der Waals surface area (Å²) in [6.07, 6.45) is 3.09. The van der Waals surface area contributed by atoms with E-state index in [1.165, 1.54) is 17.0 Å². The number of carbonyl (C=O) groups is 2. The number of likely N-dealkylation sites (N-methyl/N-ethyl adjacent to an activating group) is 1. The Morgan fingerprint density at radius 3 is 2.71 bits per heavy atom. The maximum atomic E-state index is 13.6. The van der Waals surface area contributed by atoms with E-state index in [1.54, 1.807) is 31.6 Å². The van der Waals surface area contributed by atoms with Crippen LogP contribution in [0.3, 0.4) is 0 Å². The molecule has 0 aliphatic carbocycles. The molecule has 1 N–H and O–H groups in total. The third kappa shape index (κ3) is 5.27. The second-order valence-electron chi connectivity index (χ2n) is 4.74. The summed E-state index contributed by atoms with van der Waals surface area (Å²) in [5.74, 6) is -1.50. The number of halogens is 2. The van der Waals surface area contributed by atoms with Crippen molar-refractivity contribution in [3.63, 3.8) is 0 Å². The molecular formula is C15H14BrFN4O3. The van der Waals surface area contributed by atoms with E-state index in [9.17, 15) is 14.0 Å². The maximum absolute atomic E-state index is 13.6. The molecular weight excluding hydrogens is 383 g/mol. The molecule has 2 aromatic rings. The molecule has 0 saturated carbocycles. The van der Waals surface area contributed by atoms with Gasteiger partial charge in [-0.2, -0.15) is 0 Å². The lowest BCUT2D eigenvalue weighted by Gasteiger charge is -2.15. The highest BCUT2D eigenvalue weighted by molar-refractivity contribution is 9.10. The van der Waals surface area contributed by atoms with Crippen molar-refractivity contribution in [2.45, 2.75) is 0 Å². The summed E-state index contributed by atoms with van der Waals surface area (Å²) in [7, 11) is 1.62. The molecule has 0 aliphatic rings. The number of anilines is 2. The Kier molecular flexibility index (Phi) is 6.19. The minimum atomic E-state index is -0.636. The molecule has 0 spiro atoms. The van der Waals surface area contributed by atoms with Crippen molar-refractivity contribution in [1.82, 2.24) is 9.97 Å². The van der Waals surface area contributed by atoms with Gasteiger partial charge in [0.2, 0.25) is 5.95 Å². The molecule has 0 saturated heterocycles. The summed E-state index contributed by atoms with van der Waals surface area (Å²) in [5, 5.41) is 2.33. The molecule has 0 fully saturated rings. The van der Waals surface area contributed by atoms with Crippen LogP contribution in [0.15, 0.2) is 41.1 Å². The average molecular weight is 397 g/mol. The molecule has 1 amide bonds. The Labute approximate surface area is 146 Å². The topological polar surface area (TPSA) is 84.4 Å². The van der Waals surface area contributed by atoms with Crippen molar-refractivity contribution in [3.05, 3.63) is 46.9 Å². The first-order valence-corrected chi connectivity index (χ1v) is 7.63. The van der Waals surface area contributed by atoms with E-state index in [2.05, 4.69) is 31.2 Å². The zero-order valence-corrected chi connectivity index (χ0v) is 14.3. The second kappa shape index (κ2) is 8.34. The van der Waals surface area contributed by atoms with Crippen LogP contribution in [0.1, 0.15) is 0 Å². The zero-order valence-electron chi connectivity index (χ0n) is 12.7. The fourth-order valence-corrected chi connectivity index (χ4v) is 2.05. The molecule has 0 unspecified atom stereocenters. The quantitative estimate of drug-likeness (QED) is 0.751. The van der Waals surface area contributed by atoms with Gasteiger partial charge in [-0.3, -0.25) is 9.59 Å². The van der Waals surface area contributed by atoms with Gasteiger partial charge in [-0.25, -0.2) is 14.4 Å². The highest BCUT2D eigenvalue weighted by Crippen LogP contribution is 2.19. The first-order chi connectivity index (χ1) is 11.5. The summed E-state index contributed by atoms with van der Waals surface area (Å²) >= 11 is 3.12. The summed E-state index contributed by atoms with van der Waals surface area (Å²) in [5.41, 5.74) is 0.00838. The smallest absolute Gasteiger partial charge is 0.326 e. The standard InChI is InChI=1S/C15H14BrFN4O3/c1-21(15-18-5-2-6-19-15)8-14(23)24-9-13(22)20-12-4-3-10(16)7-11(12)17/h2-7H,8-9H2,1H3,(H,20,22). The number of nitrogens with one attached hydrogen (secondary N) is 1. The lowest BCUT2D eigenvalue weighted by molar-refractivity contribution is -0.145. The van der Waals surface area contributed by atoms with E-state index in [-0.39, 0.29) is 12.2 Å². The summed E-state index contributed by atoms with van der Waals surface area (Å²) < 4.78 is 19.0. The number of benzene rings is 1. The summed E-state index contributed by atoms with van der Waals surface area (Å²) in [4.78, 5) is 32.9. The van der Waals surface area contributed by atoms with Crippen LogP contribution in [0.4, 0.5) is 16.0 Å². The molecule has 0 radical (unpaired) electrons. The van der Waals surface area contributed by atoms with Crippen LogP contribution in [-0.4, -0.2) is 42.0 Å². The fraction of sp³-hybridized carbons (Fsp3) is 0.200. The van der Waals surface area contributed by atoms with Gasteiger partial charge in [-0.15, -0.1) is 0 Å². The molecule has 24 heavy (non-hydrogen) atoms. The van der Waals surface area contributed by atoms with Crippen molar-refractivity contribution >= 4 is 39.4 Å². The number of nitrogens with zero attached hydrogens (tertiary/aromatic N) is 3. The van der Waals surface area contributed by atoms with E-state index in [4.69, 9.17) is 4.74 Å². The van der Waals surface area contributed by atoms with Gasteiger partial charge in [0.25, 0.3) is 5.91 Å². The Balaban J connectivity index is 1.80. The molecule has 9 heteroatoms. The van der Waals surface area contributed by atoms with Crippen molar-refractivity contribution in [1.29, 1.82) is 0 Å². The molecule has 0 aliphatic heterocycles. The molecule has 2 rings (SSSR count). The SMILES string of the molecule is CN(CC(=O)OCC(=O)Nc1ccc(Br)cc1F)c1ncccn1. The Hall–Kier alpha value is -2.55. The van der Waals surface area contributed by atoms with Crippen LogP contribution < -0.4 is 10.2 Å². The molecule has 1 heterocycles. The van der Waals surface area contributed by atoms with Crippen molar-refractivity contribution in [2.75, 3.05) is 30.4 Å². The summed E-state index contributed by atoms with van der Waals surface area (Å²) in [6, 6.07) is 5.86. The van der Waals surface area contributed by atoms with Gasteiger partial charge in [-0.05, 0) is 24.3 Å². The van der Waals surface area contributed by atoms with Gasteiger partial charge in [0, 0.05) is 23.9 Å². The third-order valence-electron chi connectivity index (χ3n) is 2.83. The minimum absolute atomic E-state index is 0.00838. The van der Waals surface area contributed by atoms with Crippen LogP contribution in [0.2, 0.25) is 0 Å². The highest BCUT2D eigenvalue weighted by atomic mass is 79.9. The Morgan fingerprint density at radius 1 is 1.33 bits per heavy atom. The number of aromatic nitrogens is 2. The van der Waals surface area contributed by atoms with Gasteiger partial charge in [0.1, 0.15) is 12.4 Å². The molecule has 0 atom stereocenters. The van der Waals surface area contributed by atoms with Gasteiger partial charge in [0.05, 0.1) is 5.69 Å². The van der Waals surface area contributed by atoms with Crippen molar-refractivity contribution in [2.24, 2.45) is 0 Å². The van der Waals surface area contributed by atoms with Crippen LogP contribution in [-0.2, 0) is 14.3 Å². The van der Waals surface area contributed by atoms with E-state index < -0.39 is 24.3 Å². The molecule has 7 nitrogen and oxygen atoms in total. The zero-order chi connectivity index (χ0) is 17.5. The lowest BCUT2D eigenvalue weighted by atomic mass is 10.3. The van der Waals surface area contributed by atoms with Gasteiger partial charge in [0.15, 0.2) is 6.61 Å². The number of rotatable bonds is 6. The number of hydrogen-bond donors (Lipinski definition) is 1. The van der Waals surface area contributed by atoms with Crippen LogP contribution in [0.25, 0.3) is 0 Å². The number of esters is 1. The fourth-order valence-electron chi connectivity index (χ4n) is 1.72. The number of carbonyl (C=O) groups excluding carboxylic acids is 2. The average Bonchev–Trinajstić information content (AvgIpc) is 2.56. The first kappa shape index (κ1) is 17.8.